The van der Waals surface area contributed by atoms with Crippen LogP contribution in [0.2, 0.25) is 0 Å². The molecule has 1 aromatic heterocycles. The van der Waals surface area contributed by atoms with Gasteiger partial charge in [0, 0.05) is 25.1 Å². The van der Waals surface area contributed by atoms with Gasteiger partial charge in [0.15, 0.2) is 0 Å². The molecule has 1 aromatic carbocycles. The lowest BCUT2D eigenvalue weighted by Gasteiger charge is -2.02. The van der Waals surface area contributed by atoms with Gasteiger partial charge in [0.2, 0.25) is 0 Å². The number of ether oxygens (including phenoxy) is 1. The van der Waals surface area contributed by atoms with Gasteiger partial charge >= 0.3 is 0 Å². The van der Waals surface area contributed by atoms with Crippen LogP contribution in [-0.2, 0) is 18.4 Å². The van der Waals surface area contributed by atoms with Crippen molar-refractivity contribution in [2.45, 2.75) is 6.61 Å². The second-order valence-corrected chi connectivity index (χ2v) is 2.97. The third kappa shape index (κ3) is 1.31. The Morgan fingerprint density at radius 3 is 3.23 bits per heavy atom. The summed E-state index contributed by atoms with van der Waals surface area (Å²) < 4.78 is 6.95. The molecular formula is C10H11N2O. The van der Waals surface area contributed by atoms with Crippen LogP contribution in [0.25, 0.3) is 10.9 Å². The van der Waals surface area contributed by atoms with Gasteiger partial charge in [-0.25, -0.2) is 0 Å². The normalized spacial score (nSPS) is 10.9. The molecule has 0 aliphatic rings. The predicted octanol–water partition coefficient (Wildman–Crippen LogP) is 1.52. The van der Waals surface area contributed by atoms with E-state index in [4.69, 9.17) is 4.74 Å². The Morgan fingerprint density at radius 2 is 2.46 bits per heavy atom. The summed E-state index contributed by atoms with van der Waals surface area (Å²) in [5.74, 6) is 0. The molecule has 3 nitrogen and oxygen atoms in total. The molecule has 0 atom stereocenters. The first-order valence-corrected chi connectivity index (χ1v) is 4.13. The smallest absolute Gasteiger partial charge is 0.0740 e. The highest BCUT2D eigenvalue weighted by Crippen LogP contribution is 2.17. The predicted molar refractivity (Wildman–Crippen MR) is 50.3 cm³/mol. The zero-order valence-corrected chi connectivity index (χ0v) is 7.74. The van der Waals surface area contributed by atoms with E-state index in [9.17, 15) is 0 Å². The van der Waals surface area contributed by atoms with E-state index in [0.717, 1.165) is 16.5 Å². The molecule has 0 fully saturated rings. The molecule has 0 saturated carbocycles. The molecule has 1 heterocycles. The fourth-order valence-corrected chi connectivity index (χ4v) is 1.51. The number of aromatic nitrogens is 2. The van der Waals surface area contributed by atoms with Gasteiger partial charge in [-0.2, -0.15) is 5.10 Å². The number of nitrogens with zero attached hydrogens (tertiary/aromatic N) is 2. The lowest BCUT2D eigenvalue weighted by atomic mass is 10.1. The molecule has 2 rings (SSSR count). The summed E-state index contributed by atoms with van der Waals surface area (Å²) in [6.07, 6.45) is 1.81. The van der Waals surface area contributed by atoms with Crippen LogP contribution < -0.4 is 0 Å². The highest BCUT2D eigenvalue weighted by atomic mass is 16.5. The van der Waals surface area contributed by atoms with Crippen LogP contribution in [0.1, 0.15) is 5.56 Å². The number of fused-ring (bicyclic) bond motifs is 1. The maximum Gasteiger partial charge on any atom is 0.0740 e. The van der Waals surface area contributed by atoms with Gasteiger partial charge in [-0.15, -0.1) is 0 Å². The number of hydrogen-bond acceptors (Lipinski definition) is 2. The number of benzene rings is 1. The third-order valence-electron chi connectivity index (χ3n) is 2.07. The van der Waals surface area contributed by atoms with E-state index in [-0.39, 0.29) is 0 Å². The first-order valence-electron chi connectivity index (χ1n) is 4.13. The maximum absolute atomic E-state index is 5.11. The van der Waals surface area contributed by atoms with Crippen molar-refractivity contribution in [2.24, 2.45) is 7.05 Å². The quantitative estimate of drug-likeness (QED) is 0.692. The summed E-state index contributed by atoms with van der Waals surface area (Å²) >= 11 is 0. The monoisotopic (exact) mass is 175 g/mol. The van der Waals surface area contributed by atoms with E-state index >= 15 is 0 Å². The zero-order chi connectivity index (χ0) is 9.26. The van der Waals surface area contributed by atoms with Crippen LogP contribution in [0.3, 0.4) is 0 Å². The number of aryl methyl sites for hydroxylation is 1. The van der Waals surface area contributed by atoms with E-state index in [1.165, 1.54) is 0 Å². The molecule has 0 unspecified atom stereocenters. The Morgan fingerprint density at radius 1 is 1.62 bits per heavy atom. The molecule has 0 aliphatic heterocycles. The van der Waals surface area contributed by atoms with Crippen molar-refractivity contribution in [1.82, 2.24) is 9.78 Å². The average Bonchev–Trinajstić information content (AvgIpc) is 2.50. The van der Waals surface area contributed by atoms with E-state index in [2.05, 4.69) is 11.2 Å². The second-order valence-electron chi connectivity index (χ2n) is 2.97. The fraction of sp³-hybridized carbons (Fsp3) is 0.300. The van der Waals surface area contributed by atoms with Crippen molar-refractivity contribution in [2.75, 3.05) is 7.11 Å². The largest absolute Gasteiger partial charge is 0.380 e. The van der Waals surface area contributed by atoms with E-state index < -0.39 is 0 Å². The van der Waals surface area contributed by atoms with Gasteiger partial charge in [-0.05, 0) is 6.07 Å². The second kappa shape index (κ2) is 3.18. The Labute approximate surface area is 76.9 Å². The van der Waals surface area contributed by atoms with Crippen LogP contribution in [-0.4, -0.2) is 16.9 Å². The Balaban J connectivity index is 2.65. The molecule has 0 aliphatic carbocycles. The average molecular weight is 175 g/mol. The molecule has 13 heavy (non-hydrogen) atoms. The summed E-state index contributed by atoms with van der Waals surface area (Å²) in [4.78, 5) is 0. The standard InChI is InChI=1S/C10H11N2O/c1-12-10-8(6-11-12)4-3-5-9(10)7-13-2/h3,5-6H,7H2,1-2H3. The lowest BCUT2D eigenvalue weighted by molar-refractivity contribution is 0.185. The minimum atomic E-state index is 0.616. The van der Waals surface area contributed by atoms with Crippen LogP contribution in [0.4, 0.5) is 0 Å². The first kappa shape index (κ1) is 8.26. The molecule has 1 radical (unpaired) electrons. The summed E-state index contributed by atoms with van der Waals surface area (Å²) in [5, 5.41) is 5.21. The highest BCUT2D eigenvalue weighted by molar-refractivity contribution is 5.81. The molecule has 3 heteroatoms. The van der Waals surface area contributed by atoms with E-state index in [0.29, 0.717) is 6.61 Å². The van der Waals surface area contributed by atoms with Crippen molar-refractivity contribution in [3.8, 4) is 0 Å². The minimum absolute atomic E-state index is 0.616. The van der Waals surface area contributed by atoms with E-state index in [1.54, 1.807) is 7.11 Å². The van der Waals surface area contributed by atoms with E-state index in [1.807, 2.05) is 30.1 Å². The van der Waals surface area contributed by atoms with Crippen LogP contribution in [0.5, 0.6) is 0 Å². The molecule has 0 bridgehead atoms. The number of methoxy groups -OCH3 is 1. The minimum Gasteiger partial charge on any atom is -0.380 e. The molecule has 0 amide bonds. The SMILES string of the molecule is COCc1cc[c]c2cnn(C)c12. The summed E-state index contributed by atoms with van der Waals surface area (Å²) in [7, 11) is 3.62. The van der Waals surface area contributed by atoms with Crippen molar-refractivity contribution in [3.05, 3.63) is 30.0 Å². The van der Waals surface area contributed by atoms with Crippen molar-refractivity contribution >= 4 is 10.9 Å². The Hall–Kier alpha value is -1.35. The molecule has 0 spiro atoms. The summed E-state index contributed by atoms with van der Waals surface area (Å²) in [6, 6.07) is 7.04. The first-order chi connectivity index (χ1) is 6.33. The van der Waals surface area contributed by atoms with Crippen LogP contribution in [0, 0.1) is 6.07 Å². The van der Waals surface area contributed by atoms with Crippen molar-refractivity contribution < 1.29 is 4.74 Å². The molecule has 2 aromatic rings. The molecule has 0 saturated heterocycles. The van der Waals surface area contributed by atoms with Gasteiger partial charge in [-0.3, -0.25) is 4.68 Å². The Bertz CT molecular complexity index is 420. The summed E-state index contributed by atoms with van der Waals surface area (Å²) in [5.41, 5.74) is 2.25. The fourth-order valence-electron chi connectivity index (χ4n) is 1.51. The molecule has 0 N–H and O–H groups in total. The topological polar surface area (TPSA) is 27.1 Å². The third-order valence-corrected chi connectivity index (χ3v) is 2.07. The Kier molecular flexibility index (Phi) is 2.02. The van der Waals surface area contributed by atoms with Crippen LogP contribution >= 0.6 is 0 Å². The van der Waals surface area contributed by atoms with Crippen molar-refractivity contribution in [3.63, 3.8) is 0 Å². The van der Waals surface area contributed by atoms with Crippen LogP contribution in [0.15, 0.2) is 18.3 Å². The van der Waals surface area contributed by atoms with Gasteiger partial charge in [-0.1, -0.05) is 12.1 Å². The van der Waals surface area contributed by atoms with Gasteiger partial charge in [0.05, 0.1) is 18.3 Å². The van der Waals surface area contributed by atoms with Crippen molar-refractivity contribution in [1.29, 1.82) is 0 Å². The molecule has 67 valence electrons. The maximum atomic E-state index is 5.11. The zero-order valence-electron chi connectivity index (χ0n) is 7.74. The van der Waals surface area contributed by atoms with Gasteiger partial charge < -0.3 is 4.74 Å². The number of hydrogen-bond donors (Lipinski definition) is 0. The number of rotatable bonds is 2. The summed E-state index contributed by atoms with van der Waals surface area (Å²) in [6.45, 7) is 0.616. The highest BCUT2D eigenvalue weighted by Gasteiger charge is 2.04. The molecular weight excluding hydrogens is 164 g/mol. The van der Waals surface area contributed by atoms with Gasteiger partial charge in [0.25, 0.3) is 0 Å². The lowest BCUT2D eigenvalue weighted by Crippen LogP contribution is -1.95. The van der Waals surface area contributed by atoms with Gasteiger partial charge in [0.1, 0.15) is 0 Å².